The fourth-order valence-corrected chi connectivity index (χ4v) is 3.00. The minimum absolute atomic E-state index is 0.0147. The van der Waals surface area contributed by atoms with Gasteiger partial charge in [0.05, 0.1) is 18.4 Å². The van der Waals surface area contributed by atoms with Crippen LogP contribution in [0.2, 0.25) is 5.15 Å². The first-order valence-electron chi connectivity index (χ1n) is 6.66. The van der Waals surface area contributed by atoms with Crippen molar-refractivity contribution in [2.45, 2.75) is 6.54 Å². The maximum absolute atomic E-state index is 12.7. The maximum atomic E-state index is 12.7. The summed E-state index contributed by atoms with van der Waals surface area (Å²) in [6.07, 6.45) is 1.60. The van der Waals surface area contributed by atoms with E-state index >= 15 is 0 Å². The third kappa shape index (κ3) is 1.69. The molecule has 104 valence electrons. The quantitative estimate of drug-likeness (QED) is 0.727. The first-order valence-corrected chi connectivity index (χ1v) is 7.04. The van der Waals surface area contributed by atoms with Crippen molar-refractivity contribution >= 4 is 34.0 Å². The molecule has 0 unspecified atom stereocenters. The maximum Gasteiger partial charge on any atom is 0.259 e. The molecular weight excluding hydrogens is 286 g/mol. The fourth-order valence-electron chi connectivity index (χ4n) is 2.85. The van der Waals surface area contributed by atoms with E-state index in [1.165, 1.54) is 0 Å². The number of carbonyl (C=O) groups excluding carboxylic acids is 1. The van der Waals surface area contributed by atoms with Crippen molar-refractivity contribution in [1.82, 2.24) is 9.55 Å². The number of anilines is 1. The van der Waals surface area contributed by atoms with E-state index in [2.05, 4.69) is 4.98 Å². The predicted molar refractivity (Wildman–Crippen MR) is 82.7 cm³/mol. The van der Waals surface area contributed by atoms with E-state index in [0.29, 0.717) is 11.7 Å². The summed E-state index contributed by atoms with van der Waals surface area (Å²) in [6.45, 7) is 0.413. The molecular formula is C16H12ClN3O. The molecule has 0 saturated heterocycles. The van der Waals surface area contributed by atoms with Gasteiger partial charge in [0.15, 0.2) is 0 Å². The molecule has 1 amide bonds. The highest BCUT2D eigenvalue weighted by Gasteiger charge is 2.30. The SMILES string of the molecule is Cn1c(Cl)cnc1CN1C(=O)c2cccc3cccc1c23. The van der Waals surface area contributed by atoms with Gasteiger partial charge in [-0.05, 0) is 17.5 Å². The lowest BCUT2D eigenvalue weighted by Gasteiger charge is -2.17. The van der Waals surface area contributed by atoms with Crippen LogP contribution >= 0.6 is 11.6 Å². The molecule has 0 atom stereocenters. The summed E-state index contributed by atoms with van der Waals surface area (Å²) in [4.78, 5) is 18.7. The first-order chi connectivity index (χ1) is 10.2. The molecule has 5 heteroatoms. The third-order valence-corrected chi connectivity index (χ3v) is 4.33. The summed E-state index contributed by atoms with van der Waals surface area (Å²) >= 11 is 6.02. The Labute approximate surface area is 126 Å². The van der Waals surface area contributed by atoms with Crippen LogP contribution in [0.25, 0.3) is 10.8 Å². The van der Waals surface area contributed by atoms with Crippen LogP contribution in [0.3, 0.4) is 0 Å². The van der Waals surface area contributed by atoms with Crippen molar-refractivity contribution < 1.29 is 4.79 Å². The molecule has 4 nitrogen and oxygen atoms in total. The van der Waals surface area contributed by atoms with E-state index in [-0.39, 0.29) is 5.91 Å². The van der Waals surface area contributed by atoms with E-state index in [0.717, 1.165) is 27.8 Å². The summed E-state index contributed by atoms with van der Waals surface area (Å²) < 4.78 is 1.79. The highest BCUT2D eigenvalue weighted by Crippen LogP contribution is 2.37. The van der Waals surface area contributed by atoms with E-state index in [4.69, 9.17) is 11.6 Å². The average molecular weight is 298 g/mol. The summed E-state index contributed by atoms with van der Waals surface area (Å²) in [5.41, 5.74) is 1.69. The highest BCUT2D eigenvalue weighted by atomic mass is 35.5. The Balaban J connectivity index is 1.84. The van der Waals surface area contributed by atoms with Crippen molar-refractivity contribution in [3.05, 3.63) is 59.1 Å². The number of aromatic nitrogens is 2. The Hall–Kier alpha value is -2.33. The number of amides is 1. The van der Waals surface area contributed by atoms with Gasteiger partial charge in [0.25, 0.3) is 5.91 Å². The summed E-state index contributed by atoms with van der Waals surface area (Å²) in [7, 11) is 1.85. The molecule has 0 saturated carbocycles. The Morgan fingerprint density at radius 3 is 2.67 bits per heavy atom. The van der Waals surface area contributed by atoms with Crippen LogP contribution in [0.1, 0.15) is 16.2 Å². The number of rotatable bonds is 2. The van der Waals surface area contributed by atoms with Crippen molar-refractivity contribution in [2.75, 3.05) is 4.90 Å². The van der Waals surface area contributed by atoms with Crippen molar-refractivity contribution in [3.8, 4) is 0 Å². The molecule has 1 aromatic heterocycles. The van der Waals surface area contributed by atoms with Crippen LogP contribution in [0.5, 0.6) is 0 Å². The van der Waals surface area contributed by atoms with Crippen LogP contribution in [-0.4, -0.2) is 15.5 Å². The van der Waals surface area contributed by atoms with Gasteiger partial charge < -0.3 is 9.47 Å². The van der Waals surface area contributed by atoms with E-state index in [1.807, 2.05) is 43.4 Å². The van der Waals surface area contributed by atoms with Gasteiger partial charge >= 0.3 is 0 Å². The molecule has 21 heavy (non-hydrogen) atoms. The van der Waals surface area contributed by atoms with Gasteiger partial charge in [0.1, 0.15) is 11.0 Å². The van der Waals surface area contributed by atoms with Gasteiger partial charge in [0.2, 0.25) is 0 Å². The number of hydrogen-bond donors (Lipinski definition) is 0. The van der Waals surface area contributed by atoms with Gasteiger partial charge in [-0.15, -0.1) is 0 Å². The zero-order chi connectivity index (χ0) is 14.6. The zero-order valence-electron chi connectivity index (χ0n) is 11.4. The van der Waals surface area contributed by atoms with Gasteiger partial charge in [0, 0.05) is 18.0 Å². The van der Waals surface area contributed by atoms with Crippen LogP contribution in [0, 0.1) is 0 Å². The van der Waals surface area contributed by atoms with E-state index in [1.54, 1.807) is 15.7 Å². The average Bonchev–Trinajstić information content (AvgIpc) is 2.96. The molecule has 0 aliphatic carbocycles. The second-order valence-electron chi connectivity index (χ2n) is 5.13. The van der Waals surface area contributed by atoms with Gasteiger partial charge in [-0.25, -0.2) is 4.98 Å². The molecule has 0 bridgehead atoms. The van der Waals surface area contributed by atoms with Gasteiger partial charge in [-0.2, -0.15) is 0 Å². The van der Waals surface area contributed by atoms with Gasteiger partial charge in [-0.1, -0.05) is 35.9 Å². The molecule has 0 N–H and O–H groups in total. The Morgan fingerprint density at radius 1 is 1.19 bits per heavy atom. The lowest BCUT2D eigenvalue weighted by Crippen LogP contribution is -2.27. The normalized spacial score (nSPS) is 13.4. The number of nitrogens with zero attached hydrogens (tertiary/aromatic N) is 3. The molecule has 2 aromatic carbocycles. The standard InChI is InChI=1S/C16H12ClN3O/c1-19-13(17)8-18-14(19)9-20-12-7-3-5-10-4-2-6-11(15(10)12)16(20)21/h2-8H,9H2,1H3. The minimum atomic E-state index is 0.0147. The Bertz CT molecular complexity index is 879. The van der Waals surface area contributed by atoms with Crippen molar-refractivity contribution in [3.63, 3.8) is 0 Å². The van der Waals surface area contributed by atoms with Crippen molar-refractivity contribution in [1.29, 1.82) is 0 Å². The van der Waals surface area contributed by atoms with E-state index in [9.17, 15) is 4.79 Å². The number of halogens is 1. The lowest BCUT2D eigenvalue weighted by atomic mass is 10.1. The molecule has 3 aromatic rings. The molecule has 4 rings (SSSR count). The van der Waals surface area contributed by atoms with Gasteiger partial charge in [-0.3, -0.25) is 4.79 Å². The molecule has 1 aliphatic heterocycles. The molecule has 1 aliphatic rings. The second-order valence-corrected chi connectivity index (χ2v) is 5.52. The molecule has 0 fully saturated rings. The van der Waals surface area contributed by atoms with Crippen LogP contribution < -0.4 is 4.90 Å². The zero-order valence-corrected chi connectivity index (χ0v) is 12.1. The largest absolute Gasteiger partial charge is 0.321 e. The molecule has 2 heterocycles. The molecule has 0 radical (unpaired) electrons. The summed E-state index contributed by atoms with van der Waals surface area (Å²) in [5, 5.41) is 2.66. The summed E-state index contributed by atoms with van der Waals surface area (Å²) in [5.74, 6) is 0.777. The smallest absolute Gasteiger partial charge is 0.259 e. The van der Waals surface area contributed by atoms with E-state index < -0.39 is 0 Å². The molecule has 0 spiro atoms. The second kappa shape index (κ2) is 4.33. The Kier molecular flexibility index (Phi) is 2.56. The topological polar surface area (TPSA) is 38.1 Å². The first kappa shape index (κ1) is 12.4. The van der Waals surface area contributed by atoms with Crippen molar-refractivity contribution in [2.24, 2.45) is 7.05 Å². The third-order valence-electron chi connectivity index (χ3n) is 3.98. The van der Waals surface area contributed by atoms with Crippen LogP contribution in [-0.2, 0) is 13.6 Å². The minimum Gasteiger partial charge on any atom is -0.321 e. The highest BCUT2D eigenvalue weighted by molar-refractivity contribution is 6.29. The number of carbonyl (C=O) groups is 1. The van der Waals surface area contributed by atoms with Crippen LogP contribution in [0.4, 0.5) is 5.69 Å². The number of imidazole rings is 1. The van der Waals surface area contributed by atoms with Crippen LogP contribution in [0.15, 0.2) is 42.6 Å². The summed E-state index contributed by atoms with van der Waals surface area (Å²) in [6, 6.07) is 11.8. The number of benzene rings is 2. The Morgan fingerprint density at radius 2 is 1.95 bits per heavy atom. The fraction of sp³-hybridized carbons (Fsp3) is 0.125. The predicted octanol–water partition coefficient (Wildman–Crippen LogP) is 3.39. The lowest BCUT2D eigenvalue weighted by molar-refractivity contribution is 0.0990. The monoisotopic (exact) mass is 297 g/mol. The number of hydrogen-bond acceptors (Lipinski definition) is 2.